The minimum absolute atomic E-state index is 0.116. The van der Waals surface area contributed by atoms with Crippen molar-refractivity contribution < 1.29 is 0 Å². The lowest BCUT2D eigenvalue weighted by Crippen LogP contribution is -2.24. The smallest absolute Gasteiger partial charge is 0.194 e. The Balaban J connectivity index is 2.09. The van der Waals surface area contributed by atoms with Crippen LogP contribution >= 0.6 is 35.2 Å². The summed E-state index contributed by atoms with van der Waals surface area (Å²) in [6.07, 6.45) is 3.59. The van der Waals surface area contributed by atoms with Crippen LogP contribution < -0.4 is 11.2 Å². The number of imidazole rings is 1. The van der Waals surface area contributed by atoms with Crippen LogP contribution in [0.4, 0.5) is 0 Å². The molecule has 0 spiro atoms. The predicted octanol–water partition coefficient (Wildman–Crippen LogP) is 2.88. The van der Waals surface area contributed by atoms with Gasteiger partial charge in [0.05, 0.1) is 17.6 Å². The van der Waals surface area contributed by atoms with Gasteiger partial charge in [0.1, 0.15) is 0 Å². The molecule has 2 heterocycles. The van der Waals surface area contributed by atoms with E-state index >= 15 is 0 Å². The molecule has 0 unspecified atom stereocenters. The highest BCUT2D eigenvalue weighted by atomic mass is 35.5. The van der Waals surface area contributed by atoms with Gasteiger partial charge in [-0.15, -0.1) is 11.3 Å². The summed E-state index contributed by atoms with van der Waals surface area (Å²) < 4.78 is 1.96. The maximum Gasteiger partial charge on any atom is 0.194 e. The standard InChI is InChI=1S/C13H10ClN5S2/c14-9-3-1-8(2-4-9)11-10(7-16-18-12(15)20)19-5-6-21-13(19)17-11/h1-7H,(H3,15,18,20)/b16-7+. The Bertz CT molecular complexity index is 819. The Morgan fingerprint density at radius 2 is 2.19 bits per heavy atom. The van der Waals surface area contributed by atoms with Crippen LogP contribution in [0.5, 0.6) is 0 Å². The van der Waals surface area contributed by atoms with Crippen LogP contribution in [-0.4, -0.2) is 20.7 Å². The maximum absolute atomic E-state index is 5.93. The van der Waals surface area contributed by atoms with E-state index in [2.05, 4.69) is 15.5 Å². The number of halogens is 1. The average molecular weight is 336 g/mol. The quantitative estimate of drug-likeness (QED) is 0.439. The van der Waals surface area contributed by atoms with Gasteiger partial charge in [-0.1, -0.05) is 23.7 Å². The first-order chi connectivity index (χ1) is 10.1. The van der Waals surface area contributed by atoms with Gasteiger partial charge in [-0.05, 0) is 24.4 Å². The number of benzene rings is 1. The number of nitrogens with zero attached hydrogens (tertiary/aromatic N) is 3. The van der Waals surface area contributed by atoms with Crippen molar-refractivity contribution in [2.75, 3.05) is 0 Å². The van der Waals surface area contributed by atoms with Crippen LogP contribution in [0.1, 0.15) is 5.69 Å². The molecule has 106 valence electrons. The maximum atomic E-state index is 5.93. The molecule has 1 aromatic carbocycles. The molecule has 0 bridgehead atoms. The third-order valence-corrected chi connectivity index (χ3v) is 3.88. The highest BCUT2D eigenvalue weighted by Crippen LogP contribution is 2.26. The van der Waals surface area contributed by atoms with Crippen molar-refractivity contribution in [2.24, 2.45) is 10.8 Å². The summed E-state index contributed by atoms with van der Waals surface area (Å²) in [6, 6.07) is 7.51. The second-order valence-electron chi connectivity index (χ2n) is 4.14. The number of thiazole rings is 1. The van der Waals surface area contributed by atoms with E-state index < -0.39 is 0 Å². The fourth-order valence-corrected chi connectivity index (χ4v) is 2.80. The lowest BCUT2D eigenvalue weighted by atomic mass is 10.1. The number of aromatic nitrogens is 2. The van der Waals surface area contributed by atoms with E-state index in [1.807, 2.05) is 40.2 Å². The molecule has 0 aliphatic carbocycles. The van der Waals surface area contributed by atoms with Gasteiger partial charge in [-0.2, -0.15) is 5.10 Å². The van der Waals surface area contributed by atoms with Crippen molar-refractivity contribution >= 4 is 51.4 Å². The molecular weight excluding hydrogens is 326 g/mol. The van der Waals surface area contributed by atoms with E-state index in [0.29, 0.717) is 5.02 Å². The summed E-state index contributed by atoms with van der Waals surface area (Å²) in [5.41, 5.74) is 10.5. The minimum Gasteiger partial charge on any atom is -0.375 e. The molecule has 0 atom stereocenters. The molecule has 3 rings (SSSR count). The second-order valence-corrected chi connectivity index (χ2v) is 5.89. The summed E-state index contributed by atoms with van der Waals surface area (Å²) in [5.74, 6) is 0. The molecule has 5 nitrogen and oxygen atoms in total. The van der Waals surface area contributed by atoms with Crippen LogP contribution in [-0.2, 0) is 0 Å². The Morgan fingerprint density at radius 1 is 1.43 bits per heavy atom. The fraction of sp³-hybridized carbons (Fsp3) is 0. The zero-order valence-electron chi connectivity index (χ0n) is 10.7. The number of hydrogen-bond donors (Lipinski definition) is 2. The molecule has 0 saturated heterocycles. The van der Waals surface area contributed by atoms with Gasteiger partial charge in [0.2, 0.25) is 0 Å². The minimum atomic E-state index is 0.116. The number of hydrogen-bond acceptors (Lipinski definition) is 4. The van der Waals surface area contributed by atoms with Crippen LogP contribution in [0.2, 0.25) is 5.02 Å². The van der Waals surface area contributed by atoms with Crippen molar-refractivity contribution in [3.63, 3.8) is 0 Å². The molecule has 2 aromatic heterocycles. The zero-order valence-corrected chi connectivity index (χ0v) is 13.0. The van der Waals surface area contributed by atoms with Gasteiger partial charge in [0, 0.05) is 22.2 Å². The molecule has 0 fully saturated rings. The lowest BCUT2D eigenvalue weighted by molar-refractivity contribution is 1.04. The third-order valence-electron chi connectivity index (χ3n) is 2.78. The Kier molecular flexibility index (Phi) is 3.87. The van der Waals surface area contributed by atoms with E-state index in [1.54, 1.807) is 17.6 Å². The van der Waals surface area contributed by atoms with E-state index in [9.17, 15) is 0 Å². The lowest BCUT2D eigenvalue weighted by Gasteiger charge is -2.00. The van der Waals surface area contributed by atoms with E-state index in [-0.39, 0.29) is 5.11 Å². The number of nitrogens with one attached hydrogen (secondary N) is 1. The van der Waals surface area contributed by atoms with Gasteiger partial charge >= 0.3 is 0 Å². The number of rotatable bonds is 3. The SMILES string of the molecule is NC(=S)N/N=C/c1c(-c2ccc(Cl)cc2)nc2sccn12. The molecule has 0 saturated carbocycles. The van der Waals surface area contributed by atoms with E-state index in [4.69, 9.17) is 29.6 Å². The van der Waals surface area contributed by atoms with Crippen molar-refractivity contribution in [3.05, 3.63) is 46.6 Å². The highest BCUT2D eigenvalue weighted by Gasteiger charge is 2.13. The van der Waals surface area contributed by atoms with E-state index in [1.165, 1.54) is 0 Å². The first-order valence-electron chi connectivity index (χ1n) is 5.95. The summed E-state index contributed by atoms with van der Waals surface area (Å²) in [4.78, 5) is 5.51. The fourth-order valence-electron chi connectivity index (χ4n) is 1.90. The van der Waals surface area contributed by atoms with Crippen molar-refractivity contribution in [1.82, 2.24) is 14.8 Å². The zero-order chi connectivity index (χ0) is 14.8. The summed E-state index contributed by atoms with van der Waals surface area (Å²) in [5, 5.41) is 6.79. The van der Waals surface area contributed by atoms with Crippen LogP contribution in [0.15, 0.2) is 40.9 Å². The van der Waals surface area contributed by atoms with Crippen molar-refractivity contribution in [1.29, 1.82) is 0 Å². The first kappa shape index (κ1) is 14.0. The Morgan fingerprint density at radius 3 is 2.90 bits per heavy atom. The van der Waals surface area contributed by atoms with E-state index in [0.717, 1.165) is 21.9 Å². The third kappa shape index (κ3) is 2.90. The number of hydrazone groups is 1. The molecule has 0 radical (unpaired) electrons. The Hall–Kier alpha value is -1.96. The van der Waals surface area contributed by atoms with Gasteiger partial charge in [0.15, 0.2) is 10.1 Å². The van der Waals surface area contributed by atoms with Crippen molar-refractivity contribution in [3.8, 4) is 11.3 Å². The van der Waals surface area contributed by atoms with Gasteiger partial charge in [-0.3, -0.25) is 9.83 Å². The molecule has 3 aromatic rings. The molecule has 0 aliphatic rings. The molecule has 0 amide bonds. The molecule has 0 aliphatic heterocycles. The molecule has 3 N–H and O–H groups in total. The summed E-state index contributed by atoms with van der Waals surface area (Å²) >= 11 is 12.2. The van der Waals surface area contributed by atoms with Crippen LogP contribution in [0.3, 0.4) is 0 Å². The average Bonchev–Trinajstić information content (AvgIpc) is 3.01. The first-order valence-corrected chi connectivity index (χ1v) is 7.62. The van der Waals surface area contributed by atoms with Crippen molar-refractivity contribution in [2.45, 2.75) is 0 Å². The largest absolute Gasteiger partial charge is 0.375 e. The van der Waals surface area contributed by atoms with Crippen LogP contribution in [0, 0.1) is 0 Å². The normalized spacial score (nSPS) is 11.3. The molecule has 21 heavy (non-hydrogen) atoms. The second kappa shape index (κ2) is 5.80. The predicted molar refractivity (Wildman–Crippen MR) is 91.0 cm³/mol. The van der Waals surface area contributed by atoms with Gasteiger partial charge in [-0.25, -0.2) is 4.98 Å². The number of thiocarbonyl (C=S) groups is 1. The summed E-state index contributed by atoms with van der Waals surface area (Å²) in [7, 11) is 0. The van der Waals surface area contributed by atoms with Crippen LogP contribution in [0.25, 0.3) is 16.2 Å². The van der Waals surface area contributed by atoms with Gasteiger partial charge < -0.3 is 5.73 Å². The van der Waals surface area contributed by atoms with Gasteiger partial charge in [0.25, 0.3) is 0 Å². The summed E-state index contributed by atoms with van der Waals surface area (Å²) in [6.45, 7) is 0. The highest BCUT2D eigenvalue weighted by molar-refractivity contribution is 7.80. The number of nitrogens with two attached hydrogens (primary N) is 1. The molecule has 8 heteroatoms. The molecular formula is C13H10ClN5S2. The monoisotopic (exact) mass is 335 g/mol. The number of fused-ring (bicyclic) bond motifs is 1. The Labute approximate surface area is 135 Å². The topological polar surface area (TPSA) is 67.7 Å².